The van der Waals surface area contributed by atoms with E-state index in [0.29, 0.717) is 5.69 Å². The van der Waals surface area contributed by atoms with E-state index in [0.717, 1.165) is 4.90 Å². The minimum absolute atomic E-state index is 0.0557. The number of nitrogens with one attached hydrogen (secondary N) is 1. The van der Waals surface area contributed by atoms with Crippen LogP contribution in [-0.4, -0.2) is 34.2 Å². The molecule has 0 radical (unpaired) electrons. The van der Waals surface area contributed by atoms with Gasteiger partial charge in [-0.3, -0.25) is 24.3 Å². The summed E-state index contributed by atoms with van der Waals surface area (Å²) in [4.78, 5) is 39.5. The summed E-state index contributed by atoms with van der Waals surface area (Å²) >= 11 is 0. The van der Waals surface area contributed by atoms with Crippen LogP contribution in [0.3, 0.4) is 0 Å². The van der Waals surface area contributed by atoms with Crippen molar-refractivity contribution in [3.8, 4) is 0 Å². The number of amides is 3. The Labute approximate surface area is 103 Å². The molecule has 1 N–H and O–H groups in total. The molecule has 2 heterocycles. The number of pyridine rings is 1. The van der Waals surface area contributed by atoms with Gasteiger partial charge in [-0.05, 0) is 18.2 Å². The number of carbonyl (C=O) groups excluding carboxylic acids is 3. The van der Waals surface area contributed by atoms with Crippen LogP contribution in [0.1, 0.15) is 12.6 Å². The summed E-state index contributed by atoms with van der Waals surface area (Å²) in [5, 5.41) is 2.44. The van der Waals surface area contributed by atoms with E-state index in [4.69, 9.17) is 0 Å². The van der Waals surface area contributed by atoms with Gasteiger partial charge in [0.2, 0.25) is 11.8 Å². The smallest absolute Gasteiger partial charge is 0.277 e. The lowest BCUT2D eigenvalue weighted by atomic mass is 10.2. The predicted molar refractivity (Wildman–Crippen MR) is 62.8 cm³/mol. The van der Waals surface area contributed by atoms with Crippen molar-refractivity contribution in [2.45, 2.75) is 6.92 Å². The molecule has 0 aromatic carbocycles. The largest absolute Gasteiger partial charge is 0.320 e. The zero-order valence-corrected chi connectivity index (χ0v) is 9.71. The Bertz CT molecular complexity index is 537. The second kappa shape index (κ2) is 4.79. The molecule has 1 aromatic heterocycles. The van der Waals surface area contributed by atoms with Crippen molar-refractivity contribution in [2.75, 3.05) is 6.54 Å². The lowest BCUT2D eigenvalue weighted by Gasteiger charge is -2.25. The molecule has 3 amide bonds. The highest BCUT2D eigenvalue weighted by atomic mass is 16.2. The summed E-state index contributed by atoms with van der Waals surface area (Å²) in [7, 11) is 0. The van der Waals surface area contributed by atoms with E-state index in [1.54, 1.807) is 24.4 Å². The maximum Gasteiger partial charge on any atom is 0.277 e. The summed E-state index contributed by atoms with van der Waals surface area (Å²) in [6.45, 7) is 1.00. The normalized spacial score (nSPS) is 17.8. The minimum atomic E-state index is -0.521. The zero-order valence-electron chi connectivity index (χ0n) is 9.71. The van der Waals surface area contributed by atoms with Crippen molar-refractivity contribution in [3.63, 3.8) is 0 Å². The van der Waals surface area contributed by atoms with E-state index in [9.17, 15) is 14.4 Å². The number of carbonyl (C=O) groups is 3. The number of piperazine rings is 1. The minimum Gasteiger partial charge on any atom is -0.320 e. The number of nitrogens with zero attached hydrogens (tertiary/aromatic N) is 2. The molecule has 1 aromatic rings. The maximum atomic E-state index is 11.9. The van der Waals surface area contributed by atoms with E-state index in [1.807, 2.05) is 0 Å². The standard InChI is InChI=1S/C12H11N3O3/c1-8(16)15-7-11(17)14-10(12(15)18)6-9-4-2-3-5-13-9/h2-6H,7H2,1H3,(H,14,17). The third kappa shape index (κ3) is 2.42. The van der Waals surface area contributed by atoms with Crippen LogP contribution in [0.15, 0.2) is 30.1 Å². The Balaban J connectivity index is 2.32. The van der Waals surface area contributed by atoms with Crippen molar-refractivity contribution in [1.29, 1.82) is 0 Å². The molecule has 0 aliphatic carbocycles. The molecule has 0 bridgehead atoms. The van der Waals surface area contributed by atoms with Crippen molar-refractivity contribution in [1.82, 2.24) is 15.2 Å². The molecule has 0 spiro atoms. The van der Waals surface area contributed by atoms with Gasteiger partial charge < -0.3 is 5.32 Å². The fraction of sp³-hybridized carbons (Fsp3) is 0.167. The van der Waals surface area contributed by atoms with Crippen LogP contribution in [-0.2, 0) is 14.4 Å². The van der Waals surface area contributed by atoms with Gasteiger partial charge in [0.1, 0.15) is 12.2 Å². The maximum absolute atomic E-state index is 11.9. The Morgan fingerprint density at radius 3 is 2.83 bits per heavy atom. The molecule has 0 unspecified atom stereocenters. The van der Waals surface area contributed by atoms with Gasteiger partial charge in [-0.1, -0.05) is 6.07 Å². The molecule has 92 valence electrons. The number of imide groups is 1. The fourth-order valence-corrected chi connectivity index (χ4v) is 1.57. The van der Waals surface area contributed by atoms with Crippen molar-refractivity contribution >= 4 is 23.8 Å². The molecule has 1 aliphatic rings. The molecule has 1 fully saturated rings. The molecule has 0 saturated carbocycles. The highest BCUT2D eigenvalue weighted by Crippen LogP contribution is 2.09. The summed E-state index contributed by atoms with van der Waals surface area (Å²) in [5.41, 5.74) is 0.590. The van der Waals surface area contributed by atoms with Crippen LogP contribution in [0.4, 0.5) is 0 Å². The van der Waals surface area contributed by atoms with Crippen LogP contribution in [0, 0.1) is 0 Å². The first-order valence-electron chi connectivity index (χ1n) is 5.33. The average Bonchev–Trinajstić information content (AvgIpc) is 2.34. The van der Waals surface area contributed by atoms with Gasteiger partial charge in [0.05, 0.1) is 5.69 Å². The summed E-state index contributed by atoms with van der Waals surface area (Å²) < 4.78 is 0. The summed E-state index contributed by atoms with van der Waals surface area (Å²) in [6.07, 6.45) is 3.01. The lowest BCUT2D eigenvalue weighted by molar-refractivity contribution is -0.147. The molecular formula is C12H11N3O3. The van der Waals surface area contributed by atoms with Gasteiger partial charge in [0.25, 0.3) is 5.91 Å². The predicted octanol–water partition coefficient (Wildman–Crippen LogP) is -0.0726. The Hall–Kier alpha value is -2.50. The van der Waals surface area contributed by atoms with Crippen LogP contribution >= 0.6 is 0 Å². The first-order valence-corrected chi connectivity index (χ1v) is 5.33. The highest BCUT2D eigenvalue weighted by molar-refractivity contribution is 6.12. The molecule has 18 heavy (non-hydrogen) atoms. The topological polar surface area (TPSA) is 79.4 Å². The zero-order chi connectivity index (χ0) is 13.1. The lowest BCUT2D eigenvalue weighted by Crippen LogP contribution is -2.51. The van der Waals surface area contributed by atoms with Crippen LogP contribution in [0.5, 0.6) is 0 Å². The second-order valence-electron chi connectivity index (χ2n) is 3.77. The fourth-order valence-electron chi connectivity index (χ4n) is 1.57. The van der Waals surface area contributed by atoms with Gasteiger partial charge >= 0.3 is 0 Å². The molecule has 6 heteroatoms. The first-order chi connectivity index (χ1) is 8.58. The van der Waals surface area contributed by atoms with Crippen LogP contribution in [0.2, 0.25) is 0 Å². The van der Waals surface area contributed by atoms with Gasteiger partial charge in [0, 0.05) is 13.1 Å². The highest BCUT2D eigenvalue weighted by Gasteiger charge is 2.30. The Morgan fingerprint density at radius 1 is 1.44 bits per heavy atom. The number of hydrogen-bond acceptors (Lipinski definition) is 4. The molecular weight excluding hydrogens is 234 g/mol. The van der Waals surface area contributed by atoms with Crippen LogP contribution in [0.25, 0.3) is 6.08 Å². The molecule has 0 atom stereocenters. The molecule has 6 nitrogen and oxygen atoms in total. The summed E-state index contributed by atoms with van der Waals surface area (Å²) in [5.74, 6) is -1.37. The van der Waals surface area contributed by atoms with Gasteiger partial charge in [-0.25, -0.2) is 0 Å². The van der Waals surface area contributed by atoms with E-state index in [1.165, 1.54) is 13.0 Å². The Morgan fingerprint density at radius 2 is 2.22 bits per heavy atom. The van der Waals surface area contributed by atoms with E-state index in [-0.39, 0.29) is 12.2 Å². The van der Waals surface area contributed by atoms with Crippen molar-refractivity contribution in [3.05, 3.63) is 35.8 Å². The van der Waals surface area contributed by atoms with Gasteiger partial charge in [-0.2, -0.15) is 0 Å². The molecule has 1 saturated heterocycles. The van der Waals surface area contributed by atoms with Crippen molar-refractivity contribution < 1.29 is 14.4 Å². The van der Waals surface area contributed by atoms with Crippen molar-refractivity contribution in [2.24, 2.45) is 0 Å². The van der Waals surface area contributed by atoms with E-state index < -0.39 is 17.7 Å². The summed E-state index contributed by atoms with van der Waals surface area (Å²) in [6, 6.07) is 5.20. The number of hydrogen-bond donors (Lipinski definition) is 1. The monoisotopic (exact) mass is 245 g/mol. The first kappa shape index (κ1) is 12.0. The molecule has 2 rings (SSSR count). The van der Waals surface area contributed by atoms with Gasteiger partial charge in [-0.15, -0.1) is 0 Å². The molecule has 1 aliphatic heterocycles. The van der Waals surface area contributed by atoms with Crippen LogP contribution < -0.4 is 5.32 Å². The second-order valence-corrected chi connectivity index (χ2v) is 3.77. The van der Waals surface area contributed by atoms with E-state index >= 15 is 0 Å². The number of rotatable bonds is 1. The Kier molecular flexibility index (Phi) is 3.18. The quantitative estimate of drug-likeness (QED) is 0.702. The third-order valence-corrected chi connectivity index (χ3v) is 2.41. The third-order valence-electron chi connectivity index (χ3n) is 2.41. The number of aromatic nitrogens is 1. The van der Waals surface area contributed by atoms with Gasteiger partial charge in [0.15, 0.2) is 0 Å². The average molecular weight is 245 g/mol. The van der Waals surface area contributed by atoms with E-state index in [2.05, 4.69) is 10.3 Å². The SMILES string of the molecule is CC(=O)N1CC(=O)NC(=Cc2ccccn2)C1=O.